The summed E-state index contributed by atoms with van der Waals surface area (Å²) < 4.78 is 8.49. The van der Waals surface area contributed by atoms with E-state index in [2.05, 4.69) is 15.7 Å². The zero-order valence-corrected chi connectivity index (χ0v) is 11.8. The van der Waals surface area contributed by atoms with Crippen LogP contribution in [0.25, 0.3) is 0 Å². The Morgan fingerprint density at radius 1 is 1.47 bits per heavy atom. The van der Waals surface area contributed by atoms with E-state index >= 15 is 0 Å². The molecule has 3 rings (SSSR count). The van der Waals surface area contributed by atoms with E-state index in [1.54, 1.807) is 0 Å². The Hall–Kier alpha value is -0.870. The second kappa shape index (κ2) is 5.25. The van der Waals surface area contributed by atoms with Crippen LogP contribution in [0.4, 0.5) is 0 Å². The number of aromatic nitrogens is 2. The van der Waals surface area contributed by atoms with Gasteiger partial charge in [-0.15, -0.1) is 0 Å². The van der Waals surface area contributed by atoms with E-state index in [1.807, 2.05) is 13.3 Å². The third-order valence-corrected chi connectivity index (χ3v) is 4.49. The highest BCUT2D eigenvalue weighted by molar-refractivity contribution is 5.00. The molecule has 2 atom stereocenters. The Labute approximate surface area is 115 Å². The van der Waals surface area contributed by atoms with Gasteiger partial charge in [0.2, 0.25) is 0 Å². The van der Waals surface area contributed by atoms with Crippen LogP contribution in [0.5, 0.6) is 0 Å². The summed E-state index contributed by atoms with van der Waals surface area (Å²) in [7, 11) is 0. The molecule has 4 nitrogen and oxygen atoms in total. The number of nitrogens with two attached hydrogens (primary N) is 1. The van der Waals surface area contributed by atoms with Crippen LogP contribution in [0.15, 0.2) is 12.5 Å². The van der Waals surface area contributed by atoms with Crippen molar-refractivity contribution in [2.24, 2.45) is 5.73 Å². The van der Waals surface area contributed by atoms with Gasteiger partial charge in [-0.1, -0.05) is 12.8 Å². The van der Waals surface area contributed by atoms with E-state index in [0.717, 1.165) is 18.7 Å². The van der Waals surface area contributed by atoms with Crippen LogP contribution in [-0.4, -0.2) is 27.3 Å². The van der Waals surface area contributed by atoms with Gasteiger partial charge in [0, 0.05) is 25.2 Å². The van der Waals surface area contributed by atoms with Crippen molar-refractivity contribution in [1.82, 2.24) is 9.55 Å². The average molecular weight is 263 g/mol. The Kier molecular flexibility index (Phi) is 3.63. The lowest BCUT2D eigenvalue weighted by molar-refractivity contribution is -0.0418. The molecule has 106 valence electrons. The molecule has 2 unspecified atom stereocenters. The van der Waals surface area contributed by atoms with Gasteiger partial charge < -0.3 is 15.0 Å². The topological polar surface area (TPSA) is 53.1 Å². The third-order valence-electron chi connectivity index (χ3n) is 4.49. The van der Waals surface area contributed by atoms with E-state index in [1.165, 1.54) is 38.5 Å². The molecule has 1 spiro atoms. The molecule has 2 heterocycles. The quantitative estimate of drug-likeness (QED) is 0.906. The van der Waals surface area contributed by atoms with Crippen molar-refractivity contribution in [3.63, 3.8) is 0 Å². The maximum Gasteiger partial charge on any atom is 0.0950 e. The maximum absolute atomic E-state index is 6.33. The highest BCUT2D eigenvalue weighted by Crippen LogP contribution is 2.43. The van der Waals surface area contributed by atoms with Crippen LogP contribution < -0.4 is 5.73 Å². The van der Waals surface area contributed by atoms with Gasteiger partial charge in [0.1, 0.15) is 0 Å². The lowest BCUT2D eigenvalue weighted by Gasteiger charge is -2.23. The number of nitrogens with zero attached hydrogens (tertiary/aromatic N) is 2. The van der Waals surface area contributed by atoms with Crippen molar-refractivity contribution in [2.45, 2.75) is 76.2 Å². The second-order valence-electron chi connectivity index (χ2n) is 6.41. The monoisotopic (exact) mass is 263 g/mol. The molecule has 4 heteroatoms. The summed E-state index contributed by atoms with van der Waals surface area (Å²) in [5, 5.41) is 0. The van der Waals surface area contributed by atoms with Crippen molar-refractivity contribution in [2.75, 3.05) is 0 Å². The van der Waals surface area contributed by atoms with Crippen molar-refractivity contribution < 1.29 is 4.74 Å². The van der Waals surface area contributed by atoms with Crippen LogP contribution in [0.3, 0.4) is 0 Å². The van der Waals surface area contributed by atoms with Gasteiger partial charge in [0.15, 0.2) is 0 Å². The first-order valence-corrected chi connectivity index (χ1v) is 7.59. The molecule has 1 saturated heterocycles. The first kappa shape index (κ1) is 13.1. The van der Waals surface area contributed by atoms with Crippen molar-refractivity contribution in [3.05, 3.63) is 18.2 Å². The lowest BCUT2D eigenvalue weighted by atomic mass is 9.98. The minimum Gasteiger partial charge on any atom is -0.370 e. The molecule has 2 aliphatic rings. The van der Waals surface area contributed by atoms with Gasteiger partial charge in [-0.2, -0.15) is 0 Å². The molecule has 2 fully saturated rings. The van der Waals surface area contributed by atoms with Crippen LogP contribution in [-0.2, 0) is 17.7 Å². The largest absolute Gasteiger partial charge is 0.370 e. The molecule has 1 saturated carbocycles. The van der Waals surface area contributed by atoms with Crippen LogP contribution in [0, 0.1) is 0 Å². The summed E-state index contributed by atoms with van der Waals surface area (Å²) in [6.07, 6.45) is 12.9. The zero-order valence-electron chi connectivity index (χ0n) is 11.8. The van der Waals surface area contributed by atoms with Crippen molar-refractivity contribution in [1.29, 1.82) is 0 Å². The molecule has 0 amide bonds. The molecule has 1 aliphatic heterocycles. The summed E-state index contributed by atoms with van der Waals surface area (Å²) in [6.45, 7) is 2.96. The van der Waals surface area contributed by atoms with Gasteiger partial charge in [-0.3, -0.25) is 0 Å². The minimum absolute atomic E-state index is 0.174. The predicted octanol–water partition coefficient (Wildman–Crippen LogP) is 2.26. The van der Waals surface area contributed by atoms with Crippen molar-refractivity contribution in [3.8, 4) is 0 Å². The van der Waals surface area contributed by atoms with Gasteiger partial charge in [-0.05, 0) is 32.6 Å². The van der Waals surface area contributed by atoms with Crippen LogP contribution in [0.2, 0.25) is 0 Å². The standard InChI is InChI=1S/C15H25N3O/c1-12(16)8-13-9-18(11-17-13)10-14-4-7-15(19-14)5-2-3-6-15/h9,11-12,14H,2-8,10,16H2,1H3. The first-order valence-electron chi connectivity index (χ1n) is 7.59. The molecular formula is C15H25N3O. The molecule has 0 bridgehead atoms. The number of ether oxygens (including phenoxy) is 1. The summed E-state index contributed by atoms with van der Waals surface area (Å²) in [6, 6.07) is 0.174. The Morgan fingerprint density at radius 3 is 3.00 bits per heavy atom. The Morgan fingerprint density at radius 2 is 2.26 bits per heavy atom. The van der Waals surface area contributed by atoms with Crippen LogP contribution in [0.1, 0.15) is 51.1 Å². The van der Waals surface area contributed by atoms with E-state index in [4.69, 9.17) is 10.5 Å². The highest BCUT2D eigenvalue weighted by Gasteiger charge is 2.42. The van der Waals surface area contributed by atoms with Gasteiger partial charge in [-0.25, -0.2) is 4.98 Å². The fourth-order valence-corrected chi connectivity index (χ4v) is 3.59. The number of hydrogen-bond acceptors (Lipinski definition) is 3. The van der Waals surface area contributed by atoms with Gasteiger partial charge >= 0.3 is 0 Å². The molecule has 2 N–H and O–H groups in total. The zero-order chi connectivity index (χ0) is 13.3. The van der Waals surface area contributed by atoms with E-state index in [0.29, 0.717) is 6.10 Å². The summed E-state index contributed by atoms with van der Waals surface area (Å²) in [4.78, 5) is 4.41. The molecule has 1 aromatic rings. The molecule has 19 heavy (non-hydrogen) atoms. The summed E-state index contributed by atoms with van der Waals surface area (Å²) in [5.41, 5.74) is 7.12. The SMILES string of the molecule is CC(N)Cc1cn(CC2CCC3(CCCC3)O2)cn1. The fraction of sp³-hybridized carbons (Fsp3) is 0.800. The predicted molar refractivity (Wildman–Crippen MR) is 74.9 cm³/mol. The Bertz CT molecular complexity index is 421. The number of hydrogen-bond donors (Lipinski definition) is 1. The van der Waals surface area contributed by atoms with E-state index < -0.39 is 0 Å². The maximum atomic E-state index is 6.33. The van der Waals surface area contributed by atoms with Crippen molar-refractivity contribution >= 4 is 0 Å². The third kappa shape index (κ3) is 3.00. The van der Waals surface area contributed by atoms with Gasteiger partial charge in [0.05, 0.1) is 23.7 Å². The fourth-order valence-electron chi connectivity index (χ4n) is 3.59. The lowest BCUT2D eigenvalue weighted by Crippen LogP contribution is -2.26. The summed E-state index contributed by atoms with van der Waals surface area (Å²) in [5.74, 6) is 0. The molecule has 1 aliphatic carbocycles. The van der Waals surface area contributed by atoms with Crippen LogP contribution >= 0.6 is 0 Å². The number of imidazole rings is 1. The molecule has 1 aromatic heterocycles. The van der Waals surface area contributed by atoms with Gasteiger partial charge in [0.25, 0.3) is 0 Å². The smallest absolute Gasteiger partial charge is 0.0950 e. The highest BCUT2D eigenvalue weighted by atomic mass is 16.5. The second-order valence-corrected chi connectivity index (χ2v) is 6.41. The average Bonchev–Trinajstić information content (AvgIpc) is 3.04. The number of rotatable bonds is 4. The van der Waals surface area contributed by atoms with E-state index in [9.17, 15) is 0 Å². The molecular weight excluding hydrogens is 238 g/mol. The first-order chi connectivity index (χ1) is 9.15. The van der Waals surface area contributed by atoms with E-state index in [-0.39, 0.29) is 11.6 Å². The molecule has 0 aromatic carbocycles. The Balaban J connectivity index is 1.55. The summed E-state index contributed by atoms with van der Waals surface area (Å²) >= 11 is 0. The normalized spacial score (nSPS) is 27.2. The minimum atomic E-state index is 0.174. The molecule has 0 radical (unpaired) electrons.